The zero-order valence-electron chi connectivity index (χ0n) is 18.1. The number of phenolic OH excluding ortho intramolecular Hbond substituents is 1. The maximum Gasteiger partial charge on any atom is 0.320 e. The molecule has 158 valence electrons. The lowest BCUT2D eigenvalue weighted by molar-refractivity contribution is 0.251. The predicted octanol–water partition coefficient (Wildman–Crippen LogP) is 4.26. The van der Waals surface area contributed by atoms with Crippen molar-refractivity contribution in [3.8, 4) is 11.4 Å². The van der Waals surface area contributed by atoms with E-state index in [1.807, 2.05) is 55.4 Å². The van der Waals surface area contributed by atoms with Crippen molar-refractivity contribution in [3.63, 3.8) is 0 Å². The van der Waals surface area contributed by atoms with Crippen molar-refractivity contribution >= 4 is 17.5 Å². The quantitative estimate of drug-likeness (QED) is 0.590. The van der Waals surface area contributed by atoms with Gasteiger partial charge in [-0.3, -0.25) is 5.32 Å². The van der Waals surface area contributed by atoms with Crippen LogP contribution in [0.3, 0.4) is 0 Å². The third kappa shape index (κ3) is 4.92. The molecule has 2 aromatic carbocycles. The van der Waals surface area contributed by atoms with Gasteiger partial charge in [-0.05, 0) is 24.3 Å². The minimum Gasteiger partial charge on any atom is -0.508 e. The van der Waals surface area contributed by atoms with Crippen LogP contribution >= 0.6 is 0 Å². The summed E-state index contributed by atoms with van der Waals surface area (Å²) < 4.78 is 1.74. The molecule has 0 saturated heterocycles. The van der Waals surface area contributed by atoms with Gasteiger partial charge in [-0.1, -0.05) is 45.0 Å². The number of benzene rings is 2. The molecule has 0 aliphatic carbocycles. The van der Waals surface area contributed by atoms with Gasteiger partial charge >= 0.3 is 6.03 Å². The Labute approximate surface area is 177 Å². The van der Waals surface area contributed by atoms with E-state index in [1.165, 1.54) is 0 Å². The Morgan fingerprint density at radius 3 is 2.50 bits per heavy atom. The van der Waals surface area contributed by atoms with Crippen molar-refractivity contribution < 1.29 is 9.90 Å². The highest BCUT2D eigenvalue weighted by molar-refractivity contribution is 5.88. The Morgan fingerprint density at radius 2 is 1.83 bits per heavy atom. The molecule has 3 aromatic rings. The molecule has 0 fully saturated rings. The van der Waals surface area contributed by atoms with Crippen molar-refractivity contribution in [1.29, 1.82) is 0 Å². The smallest absolute Gasteiger partial charge is 0.320 e. The average molecular weight is 408 g/mol. The highest BCUT2D eigenvalue weighted by Crippen LogP contribution is 2.27. The average Bonchev–Trinajstić information content (AvgIpc) is 3.11. The Bertz CT molecular complexity index is 1030. The van der Waals surface area contributed by atoms with E-state index in [0.717, 1.165) is 17.1 Å². The molecule has 2 amide bonds. The number of para-hydroxylation sites is 1. The molecule has 0 saturated carbocycles. The van der Waals surface area contributed by atoms with Gasteiger partial charge in [-0.2, -0.15) is 5.10 Å². The summed E-state index contributed by atoms with van der Waals surface area (Å²) in [6, 6.07) is 16.4. The molecule has 0 atom stereocenters. The molecule has 3 rings (SSSR count). The van der Waals surface area contributed by atoms with Gasteiger partial charge in [-0.25, -0.2) is 9.48 Å². The van der Waals surface area contributed by atoms with Gasteiger partial charge in [0.2, 0.25) is 0 Å². The van der Waals surface area contributed by atoms with Crippen LogP contribution in [0.2, 0.25) is 0 Å². The topological polar surface area (TPSA) is 82.4 Å². The van der Waals surface area contributed by atoms with E-state index in [4.69, 9.17) is 5.10 Å². The van der Waals surface area contributed by atoms with E-state index >= 15 is 0 Å². The molecule has 0 aliphatic rings. The van der Waals surface area contributed by atoms with E-state index in [1.54, 1.807) is 22.9 Å². The van der Waals surface area contributed by atoms with Gasteiger partial charge in [-0.15, -0.1) is 0 Å². The third-order valence-corrected chi connectivity index (χ3v) is 4.74. The van der Waals surface area contributed by atoms with Crippen LogP contribution in [-0.4, -0.2) is 35.0 Å². The van der Waals surface area contributed by atoms with Crippen molar-refractivity contribution in [2.45, 2.75) is 32.7 Å². The van der Waals surface area contributed by atoms with Crippen LogP contribution in [0.25, 0.3) is 5.69 Å². The number of carbonyl (C=O) groups excluding carboxylic acids is 1. The van der Waals surface area contributed by atoms with Gasteiger partial charge in [0.25, 0.3) is 0 Å². The Balaban J connectivity index is 1.86. The van der Waals surface area contributed by atoms with Crippen molar-refractivity contribution in [3.05, 3.63) is 65.9 Å². The van der Waals surface area contributed by atoms with E-state index in [9.17, 15) is 9.90 Å². The van der Waals surface area contributed by atoms with E-state index in [2.05, 4.69) is 31.4 Å². The standard InChI is InChI=1S/C23H29N5O2/c1-23(2,3)20-14-21(25-22(30)24-15-16-9-6-7-12-19(16)29)28(26-20)18-11-8-10-17(13-18)27(4)5/h6-14,29H,15H2,1-5H3,(H2,24,25,30). The fourth-order valence-electron chi connectivity index (χ4n) is 2.93. The van der Waals surface area contributed by atoms with Crippen LogP contribution in [0.1, 0.15) is 32.0 Å². The third-order valence-electron chi connectivity index (χ3n) is 4.74. The number of nitrogens with one attached hydrogen (secondary N) is 2. The minimum atomic E-state index is -0.372. The normalized spacial score (nSPS) is 11.2. The van der Waals surface area contributed by atoms with Crippen LogP contribution in [0, 0.1) is 0 Å². The number of anilines is 2. The molecule has 0 radical (unpaired) electrons. The fourth-order valence-corrected chi connectivity index (χ4v) is 2.93. The summed E-state index contributed by atoms with van der Waals surface area (Å²) in [5.41, 5.74) is 3.24. The summed E-state index contributed by atoms with van der Waals surface area (Å²) in [5.74, 6) is 0.726. The molecule has 7 nitrogen and oxygen atoms in total. The number of carbonyl (C=O) groups is 1. The fraction of sp³-hybridized carbons (Fsp3) is 0.304. The van der Waals surface area contributed by atoms with E-state index in [-0.39, 0.29) is 23.7 Å². The summed E-state index contributed by atoms with van der Waals surface area (Å²) in [5, 5.41) is 20.3. The first-order chi connectivity index (χ1) is 14.1. The summed E-state index contributed by atoms with van der Waals surface area (Å²) in [6.07, 6.45) is 0. The molecule has 1 heterocycles. The zero-order chi connectivity index (χ0) is 21.9. The molecule has 0 bridgehead atoms. The minimum absolute atomic E-state index is 0.151. The number of aromatic hydroxyl groups is 1. The predicted molar refractivity (Wildman–Crippen MR) is 121 cm³/mol. The summed E-state index contributed by atoms with van der Waals surface area (Å²) >= 11 is 0. The number of hydrogen-bond donors (Lipinski definition) is 3. The monoisotopic (exact) mass is 407 g/mol. The second-order valence-electron chi connectivity index (χ2n) is 8.43. The maximum absolute atomic E-state index is 12.6. The van der Waals surface area contributed by atoms with Gasteiger partial charge in [0.05, 0.1) is 11.4 Å². The second-order valence-corrected chi connectivity index (χ2v) is 8.43. The number of phenols is 1. The lowest BCUT2D eigenvalue weighted by Gasteiger charge is -2.16. The van der Waals surface area contributed by atoms with Crippen LogP contribution in [-0.2, 0) is 12.0 Å². The molecule has 30 heavy (non-hydrogen) atoms. The van der Waals surface area contributed by atoms with Crippen LogP contribution in [0.5, 0.6) is 5.75 Å². The number of rotatable bonds is 5. The molecular formula is C23H29N5O2. The highest BCUT2D eigenvalue weighted by Gasteiger charge is 2.21. The van der Waals surface area contributed by atoms with E-state index < -0.39 is 0 Å². The number of amides is 2. The first kappa shape index (κ1) is 21.2. The summed E-state index contributed by atoms with van der Waals surface area (Å²) in [6.45, 7) is 6.46. The zero-order valence-corrected chi connectivity index (χ0v) is 18.1. The van der Waals surface area contributed by atoms with Crippen LogP contribution < -0.4 is 15.5 Å². The van der Waals surface area contributed by atoms with Gasteiger partial charge in [0, 0.05) is 43.4 Å². The molecule has 1 aromatic heterocycles. The SMILES string of the molecule is CN(C)c1cccc(-n2nc(C(C)(C)C)cc2NC(=O)NCc2ccccc2O)c1. The summed E-state index contributed by atoms with van der Waals surface area (Å²) in [7, 11) is 3.96. The molecule has 3 N–H and O–H groups in total. The van der Waals surface area contributed by atoms with Crippen LogP contribution in [0.4, 0.5) is 16.3 Å². The lowest BCUT2D eigenvalue weighted by atomic mass is 9.92. The number of nitrogens with zero attached hydrogens (tertiary/aromatic N) is 3. The molecule has 0 unspecified atom stereocenters. The lowest BCUT2D eigenvalue weighted by Crippen LogP contribution is -2.29. The Morgan fingerprint density at radius 1 is 1.10 bits per heavy atom. The molecule has 0 spiro atoms. The van der Waals surface area contributed by atoms with Crippen molar-refractivity contribution in [1.82, 2.24) is 15.1 Å². The Hall–Kier alpha value is -3.48. The van der Waals surface area contributed by atoms with Gasteiger partial charge < -0.3 is 15.3 Å². The molecule has 0 aliphatic heterocycles. The van der Waals surface area contributed by atoms with Crippen molar-refractivity contribution in [2.75, 3.05) is 24.3 Å². The first-order valence-electron chi connectivity index (χ1n) is 9.85. The largest absolute Gasteiger partial charge is 0.508 e. The molecule has 7 heteroatoms. The maximum atomic E-state index is 12.6. The number of hydrogen-bond acceptors (Lipinski definition) is 4. The van der Waals surface area contributed by atoms with Gasteiger partial charge in [0.1, 0.15) is 11.6 Å². The van der Waals surface area contributed by atoms with Crippen molar-refractivity contribution in [2.24, 2.45) is 0 Å². The highest BCUT2D eigenvalue weighted by atomic mass is 16.3. The van der Waals surface area contributed by atoms with Gasteiger partial charge in [0.15, 0.2) is 0 Å². The first-order valence-corrected chi connectivity index (χ1v) is 9.85. The van der Waals surface area contributed by atoms with Crippen LogP contribution in [0.15, 0.2) is 54.6 Å². The Kier molecular flexibility index (Phi) is 6.01. The second kappa shape index (κ2) is 8.49. The number of aromatic nitrogens is 2. The summed E-state index contributed by atoms with van der Waals surface area (Å²) in [4.78, 5) is 14.6. The molecular weight excluding hydrogens is 378 g/mol. The van der Waals surface area contributed by atoms with E-state index in [0.29, 0.717) is 11.4 Å². The number of urea groups is 1.